The van der Waals surface area contributed by atoms with Gasteiger partial charge in [-0.3, -0.25) is 14.4 Å². The third-order valence-corrected chi connectivity index (χ3v) is 5.40. The summed E-state index contributed by atoms with van der Waals surface area (Å²) < 4.78 is 5.34. The summed E-state index contributed by atoms with van der Waals surface area (Å²) in [5.41, 5.74) is 2.30. The topological polar surface area (TPSA) is 99.5 Å². The van der Waals surface area contributed by atoms with E-state index in [1.807, 2.05) is 37.3 Å². The van der Waals surface area contributed by atoms with Gasteiger partial charge in [-0.2, -0.15) is 0 Å². The maximum atomic E-state index is 13.0. The average Bonchev–Trinajstić information content (AvgIpc) is 3.28. The molecule has 2 aromatic heterocycles. The molecule has 4 rings (SSSR count). The van der Waals surface area contributed by atoms with Crippen LogP contribution in [0.5, 0.6) is 0 Å². The van der Waals surface area contributed by atoms with E-state index in [1.54, 1.807) is 24.2 Å². The quantitative estimate of drug-likeness (QED) is 0.717. The third-order valence-electron chi connectivity index (χ3n) is 5.40. The molecule has 1 aliphatic rings. The van der Waals surface area contributed by atoms with Gasteiger partial charge in [0.05, 0.1) is 0 Å². The number of carbonyl (C=O) groups excluding carboxylic acids is 2. The molecule has 0 saturated heterocycles. The molecule has 0 unspecified atom stereocenters. The van der Waals surface area contributed by atoms with Gasteiger partial charge in [0.25, 0.3) is 17.4 Å². The molecule has 0 atom stereocenters. The SMILES string of the molecule is CCN(C)C(=O)c1c2c(c[nH]c1=O)CN(C(=O)c1cc(-c3ccccc3)on1)CC2. The van der Waals surface area contributed by atoms with Crippen LogP contribution in [0.1, 0.15) is 38.9 Å². The van der Waals surface area contributed by atoms with Crippen molar-refractivity contribution in [2.75, 3.05) is 20.1 Å². The van der Waals surface area contributed by atoms with Crippen molar-refractivity contribution in [2.45, 2.75) is 19.9 Å². The summed E-state index contributed by atoms with van der Waals surface area (Å²) in [4.78, 5) is 43.7. The van der Waals surface area contributed by atoms with E-state index in [-0.39, 0.29) is 29.6 Å². The lowest BCUT2D eigenvalue weighted by molar-refractivity contribution is 0.0723. The van der Waals surface area contributed by atoms with Crippen molar-refractivity contribution >= 4 is 11.8 Å². The molecule has 3 heterocycles. The van der Waals surface area contributed by atoms with Crippen molar-refractivity contribution in [1.29, 1.82) is 0 Å². The number of aromatic nitrogens is 2. The number of hydrogen-bond acceptors (Lipinski definition) is 5. The fourth-order valence-electron chi connectivity index (χ4n) is 3.58. The second-order valence-corrected chi connectivity index (χ2v) is 7.24. The number of carbonyl (C=O) groups is 2. The molecule has 0 aliphatic carbocycles. The predicted molar refractivity (Wildman–Crippen MR) is 110 cm³/mol. The summed E-state index contributed by atoms with van der Waals surface area (Å²) in [5, 5.41) is 3.93. The van der Waals surface area contributed by atoms with Gasteiger partial charge in [-0.1, -0.05) is 35.5 Å². The summed E-state index contributed by atoms with van der Waals surface area (Å²) in [6.07, 6.45) is 2.01. The molecular weight excluding hydrogens is 384 g/mol. The molecule has 0 spiro atoms. The van der Waals surface area contributed by atoms with Gasteiger partial charge in [-0.15, -0.1) is 0 Å². The highest BCUT2D eigenvalue weighted by atomic mass is 16.5. The van der Waals surface area contributed by atoms with Crippen molar-refractivity contribution in [2.24, 2.45) is 0 Å². The highest BCUT2D eigenvalue weighted by Crippen LogP contribution is 2.24. The molecule has 1 aliphatic heterocycles. The second kappa shape index (κ2) is 7.98. The van der Waals surface area contributed by atoms with Gasteiger partial charge >= 0.3 is 0 Å². The number of rotatable bonds is 4. The van der Waals surface area contributed by atoms with Crippen molar-refractivity contribution in [3.63, 3.8) is 0 Å². The van der Waals surface area contributed by atoms with Crippen LogP contribution in [0.25, 0.3) is 11.3 Å². The number of fused-ring (bicyclic) bond motifs is 1. The number of nitrogens with one attached hydrogen (secondary N) is 1. The van der Waals surface area contributed by atoms with Gasteiger partial charge in [-0.05, 0) is 24.5 Å². The zero-order valence-corrected chi connectivity index (χ0v) is 16.8. The first-order chi connectivity index (χ1) is 14.5. The normalized spacial score (nSPS) is 13.1. The smallest absolute Gasteiger partial charge is 0.276 e. The first-order valence-electron chi connectivity index (χ1n) is 9.80. The van der Waals surface area contributed by atoms with Crippen LogP contribution in [0.15, 0.2) is 51.9 Å². The standard InChI is InChI=1S/C22H22N4O4/c1-3-25(2)22(29)19-16-9-10-26(13-15(16)12-23-20(19)27)21(28)17-11-18(30-24-17)14-7-5-4-6-8-14/h4-8,11-12H,3,9-10,13H2,1-2H3,(H,23,27). The molecule has 1 N–H and O–H groups in total. The maximum absolute atomic E-state index is 13.0. The Balaban J connectivity index is 1.58. The third kappa shape index (κ3) is 3.52. The van der Waals surface area contributed by atoms with Gasteiger partial charge in [-0.25, -0.2) is 0 Å². The lowest BCUT2D eigenvalue weighted by Gasteiger charge is -2.29. The minimum Gasteiger partial charge on any atom is -0.355 e. The van der Waals surface area contributed by atoms with Crippen LogP contribution in [0.3, 0.4) is 0 Å². The van der Waals surface area contributed by atoms with Crippen LogP contribution in [-0.4, -0.2) is 51.9 Å². The van der Waals surface area contributed by atoms with Crippen molar-refractivity contribution in [1.82, 2.24) is 19.9 Å². The van der Waals surface area contributed by atoms with Crippen LogP contribution in [0, 0.1) is 0 Å². The van der Waals surface area contributed by atoms with Crippen LogP contribution in [0.2, 0.25) is 0 Å². The predicted octanol–water partition coefficient (Wildman–Crippen LogP) is 2.32. The summed E-state index contributed by atoms with van der Waals surface area (Å²) in [6.45, 7) is 3.03. The molecule has 154 valence electrons. The molecular formula is C22H22N4O4. The van der Waals surface area contributed by atoms with Crippen molar-refractivity contribution in [3.05, 3.63) is 75.3 Å². The number of hydrogen-bond donors (Lipinski definition) is 1. The van der Waals surface area contributed by atoms with Gasteiger partial charge in [0.2, 0.25) is 0 Å². The Labute approximate surface area is 173 Å². The Kier molecular flexibility index (Phi) is 5.22. The monoisotopic (exact) mass is 406 g/mol. The second-order valence-electron chi connectivity index (χ2n) is 7.24. The van der Waals surface area contributed by atoms with Crippen LogP contribution < -0.4 is 5.56 Å². The maximum Gasteiger partial charge on any atom is 0.276 e. The van der Waals surface area contributed by atoms with E-state index in [4.69, 9.17) is 4.52 Å². The Morgan fingerprint density at radius 1 is 1.27 bits per heavy atom. The lowest BCUT2D eigenvalue weighted by atomic mass is 9.96. The van der Waals surface area contributed by atoms with Gasteiger partial charge in [0, 0.05) is 44.5 Å². The van der Waals surface area contributed by atoms with Crippen LogP contribution in [-0.2, 0) is 13.0 Å². The Hall–Kier alpha value is -3.68. The van der Waals surface area contributed by atoms with Crippen molar-refractivity contribution < 1.29 is 14.1 Å². The molecule has 0 bridgehead atoms. The van der Waals surface area contributed by atoms with E-state index in [2.05, 4.69) is 10.1 Å². The van der Waals surface area contributed by atoms with Gasteiger partial charge in [0.15, 0.2) is 11.5 Å². The van der Waals surface area contributed by atoms with E-state index in [0.717, 1.165) is 11.1 Å². The van der Waals surface area contributed by atoms with Crippen LogP contribution >= 0.6 is 0 Å². The average molecular weight is 406 g/mol. The Morgan fingerprint density at radius 2 is 2.03 bits per heavy atom. The van der Waals surface area contributed by atoms with E-state index in [1.165, 1.54) is 4.90 Å². The molecule has 2 amide bonds. The molecule has 3 aromatic rings. The first kappa shape index (κ1) is 19.6. The number of benzene rings is 1. The summed E-state index contributed by atoms with van der Waals surface area (Å²) in [5.74, 6) is -0.0353. The number of nitrogens with zero attached hydrogens (tertiary/aromatic N) is 3. The minimum absolute atomic E-state index is 0.164. The van der Waals surface area contributed by atoms with E-state index < -0.39 is 5.56 Å². The van der Waals surface area contributed by atoms with E-state index in [9.17, 15) is 14.4 Å². The molecule has 8 heteroatoms. The number of amides is 2. The van der Waals surface area contributed by atoms with E-state index in [0.29, 0.717) is 30.8 Å². The largest absolute Gasteiger partial charge is 0.355 e. The fourth-order valence-corrected chi connectivity index (χ4v) is 3.58. The highest BCUT2D eigenvalue weighted by molar-refractivity contribution is 5.96. The molecule has 0 radical (unpaired) electrons. The Bertz CT molecular complexity index is 1150. The lowest BCUT2D eigenvalue weighted by Crippen LogP contribution is -2.40. The summed E-state index contributed by atoms with van der Waals surface area (Å²) >= 11 is 0. The minimum atomic E-state index is -0.400. The summed E-state index contributed by atoms with van der Waals surface area (Å²) in [7, 11) is 1.66. The fraction of sp³-hybridized carbons (Fsp3) is 0.273. The van der Waals surface area contributed by atoms with E-state index >= 15 is 0 Å². The zero-order valence-electron chi connectivity index (χ0n) is 16.8. The van der Waals surface area contributed by atoms with Crippen LogP contribution in [0.4, 0.5) is 0 Å². The zero-order chi connectivity index (χ0) is 21.3. The van der Waals surface area contributed by atoms with Gasteiger partial charge < -0.3 is 19.3 Å². The molecule has 0 fully saturated rings. The molecule has 8 nitrogen and oxygen atoms in total. The number of aromatic amines is 1. The number of H-pyrrole nitrogens is 1. The number of pyridine rings is 1. The van der Waals surface area contributed by atoms with Gasteiger partial charge in [0.1, 0.15) is 5.56 Å². The van der Waals surface area contributed by atoms with Crippen molar-refractivity contribution in [3.8, 4) is 11.3 Å². The first-order valence-corrected chi connectivity index (χ1v) is 9.80. The molecule has 0 saturated carbocycles. The molecule has 1 aromatic carbocycles. The summed E-state index contributed by atoms with van der Waals surface area (Å²) in [6, 6.07) is 11.1. The molecule has 30 heavy (non-hydrogen) atoms. The highest BCUT2D eigenvalue weighted by Gasteiger charge is 2.29. The Morgan fingerprint density at radius 3 is 2.77 bits per heavy atom.